The minimum atomic E-state index is -0.874. The molecule has 6 heteroatoms. The van der Waals surface area contributed by atoms with E-state index in [1.54, 1.807) is 13.8 Å². The zero-order valence-electron chi connectivity index (χ0n) is 22.6. The summed E-state index contributed by atoms with van der Waals surface area (Å²) in [4.78, 5) is 24.9. The molecule has 0 aromatic heterocycles. The van der Waals surface area contributed by atoms with Crippen LogP contribution < -0.4 is 0 Å². The van der Waals surface area contributed by atoms with Crippen molar-refractivity contribution in [2.24, 2.45) is 11.8 Å². The number of carbonyl (C=O) groups is 2. The summed E-state index contributed by atoms with van der Waals surface area (Å²) in [5.74, 6) is 0.0541. The van der Waals surface area contributed by atoms with Crippen LogP contribution in [0.25, 0.3) is 0 Å². The van der Waals surface area contributed by atoms with E-state index in [4.69, 9.17) is 18.9 Å². The standard InChI is InChI=1S/2C16H20O3/c2*1-12-18-15(17)16(19-12,13-8-4-2-5-9-13)14-10-6-3-7-11-14/h2*2,4-5,8-9,12,14H,3,6-7,10-11H2,1H3/t12?,16-;12-,16-/m11/s1. The fraction of sp³-hybridized carbons (Fsp3) is 0.562. The molecule has 2 aliphatic heterocycles. The first-order valence-corrected chi connectivity index (χ1v) is 14.4. The van der Waals surface area contributed by atoms with Crippen molar-refractivity contribution in [3.8, 4) is 0 Å². The number of hydrogen-bond donors (Lipinski definition) is 0. The second-order valence-electron chi connectivity index (χ2n) is 11.1. The molecule has 2 aliphatic carbocycles. The predicted octanol–water partition coefficient (Wildman–Crippen LogP) is 6.76. The van der Waals surface area contributed by atoms with Crippen LogP contribution in [0.4, 0.5) is 0 Å². The van der Waals surface area contributed by atoms with Gasteiger partial charge in [-0.2, -0.15) is 0 Å². The zero-order valence-corrected chi connectivity index (χ0v) is 22.6. The highest BCUT2D eigenvalue weighted by molar-refractivity contribution is 5.84. The number of esters is 2. The van der Waals surface area contributed by atoms with E-state index in [1.165, 1.54) is 38.5 Å². The molecule has 2 aromatic carbocycles. The number of benzene rings is 2. The lowest BCUT2D eigenvalue weighted by Crippen LogP contribution is -2.42. The molecule has 4 atom stereocenters. The minimum Gasteiger partial charge on any atom is -0.434 e. The molecule has 38 heavy (non-hydrogen) atoms. The van der Waals surface area contributed by atoms with Crippen molar-refractivity contribution in [1.29, 1.82) is 0 Å². The summed E-state index contributed by atoms with van der Waals surface area (Å²) in [6.07, 6.45) is 10.5. The SMILES string of the molecule is CC1OC(=O)[C@@](c2ccccc2)(C2CCCCC2)O1.C[C@@H]1OC(=O)[C@@](c2ccccc2)(C2CCCCC2)O1. The smallest absolute Gasteiger partial charge is 0.345 e. The maximum atomic E-state index is 12.5. The van der Waals surface area contributed by atoms with Gasteiger partial charge in [-0.25, -0.2) is 9.59 Å². The summed E-state index contributed by atoms with van der Waals surface area (Å²) in [5.41, 5.74) is 0.134. The highest BCUT2D eigenvalue weighted by Crippen LogP contribution is 2.48. The predicted molar refractivity (Wildman–Crippen MR) is 143 cm³/mol. The van der Waals surface area contributed by atoms with Crippen LogP contribution in [0.5, 0.6) is 0 Å². The van der Waals surface area contributed by atoms with E-state index in [-0.39, 0.29) is 23.8 Å². The fourth-order valence-corrected chi connectivity index (χ4v) is 6.90. The zero-order chi connectivity index (χ0) is 26.6. The number of carbonyl (C=O) groups excluding carboxylic acids is 2. The molecule has 6 rings (SSSR count). The Kier molecular flexibility index (Phi) is 8.20. The second-order valence-corrected chi connectivity index (χ2v) is 11.1. The lowest BCUT2D eigenvalue weighted by atomic mass is 9.73. The van der Waals surface area contributed by atoms with Gasteiger partial charge in [-0.15, -0.1) is 0 Å². The normalized spacial score (nSPS) is 32.3. The third-order valence-corrected chi connectivity index (χ3v) is 8.62. The van der Waals surface area contributed by atoms with E-state index in [2.05, 4.69) is 0 Å². The molecule has 0 N–H and O–H groups in total. The van der Waals surface area contributed by atoms with Crippen molar-refractivity contribution in [3.63, 3.8) is 0 Å². The van der Waals surface area contributed by atoms with Crippen molar-refractivity contribution >= 4 is 11.9 Å². The summed E-state index contributed by atoms with van der Waals surface area (Å²) < 4.78 is 22.7. The van der Waals surface area contributed by atoms with Gasteiger partial charge in [-0.3, -0.25) is 0 Å². The monoisotopic (exact) mass is 520 g/mol. The molecule has 0 spiro atoms. The molecule has 204 valence electrons. The lowest BCUT2D eigenvalue weighted by molar-refractivity contribution is -0.150. The third-order valence-electron chi connectivity index (χ3n) is 8.62. The van der Waals surface area contributed by atoms with E-state index >= 15 is 0 Å². The maximum absolute atomic E-state index is 12.5. The first-order valence-electron chi connectivity index (χ1n) is 14.4. The highest BCUT2D eigenvalue weighted by Gasteiger charge is 2.56. The molecule has 4 aliphatic rings. The van der Waals surface area contributed by atoms with Crippen LogP contribution in [0.1, 0.15) is 89.2 Å². The number of ether oxygens (including phenoxy) is 4. The summed E-state index contributed by atoms with van der Waals surface area (Å²) in [5, 5.41) is 0. The van der Waals surface area contributed by atoms with Crippen LogP contribution in [-0.2, 0) is 39.7 Å². The Bertz CT molecular complexity index is 988. The maximum Gasteiger partial charge on any atom is 0.345 e. The van der Waals surface area contributed by atoms with Crippen molar-refractivity contribution in [1.82, 2.24) is 0 Å². The molecule has 2 saturated heterocycles. The average Bonchev–Trinajstić information content (AvgIpc) is 3.45. The van der Waals surface area contributed by atoms with E-state index in [0.717, 1.165) is 36.8 Å². The molecule has 4 fully saturated rings. The summed E-state index contributed by atoms with van der Waals surface area (Å²) >= 11 is 0. The molecular formula is C32H40O6. The van der Waals surface area contributed by atoms with Crippen LogP contribution in [0, 0.1) is 11.8 Å². The Morgan fingerprint density at radius 3 is 1.18 bits per heavy atom. The third kappa shape index (κ3) is 5.01. The van der Waals surface area contributed by atoms with Gasteiger partial charge in [0.2, 0.25) is 12.6 Å². The van der Waals surface area contributed by atoms with Gasteiger partial charge in [0.25, 0.3) is 0 Å². The van der Waals surface area contributed by atoms with Gasteiger partial charge in [0.1, 0.15) is 0 Å². The van der Waals surface area contributed by atoms with Gasteiger partial charge in [-0.05, 0) is 50.7 Å². The molecular weight excluding hydrogens is 480 g/mol. The number of hydrogen-bond acceptors (Lipinski definition) is 6. The molecule has 2 aromatic rings. The second kappa shape index (κ2) is 11.6. The Morgan fingerprint density at radius 1 is 0.553 bits per heavy atom. The Balaban J connectivity index is 0.000000155. The average molecular weight is 521 g/mol. The summed E-state index contributed by atoms with van der Waals surface area (Å²) in [6, 6.07) is 19.7. The molecule has 2 saturated carbocycles. The van der Waals surface area contributed by atoms with Crippen molar-refractivity contribution in [2.75, 3.05) is 0 Å². The lowest BCUT2D eigenvalue weighted by Gasteiger charge is -2.36. The Labute approximate surface area is 226 Å². The molecule has 2 heterocycles. The molecule has 6 nitrogen and oxygen atoms in total. The van der Waals surface area contributed by atoms with Crippen molar-refractivity contribution in [2.45, 2.75) is 102 Å². The van der Waals surface area contributed by atoms with Gasteiger partial charge in [0.15, 0.2) is 11.2 Å². The fourth-order valence-electron chi connectivity index (χ4n) is 6.90. The number of rotatable bonds is 4. The van der Waals surface area contributed by atoms with Crippen LogP contribution in [0.2, 0.25) is 0 Å². The minimum absolute atomic E-state index is 0.210. The quantitative estimate of drug-likeness (QED) is 0.415. The van der Waals surface area contributed by atoms with Crippen molar-refractivity contribution in [3.05, 3.63) is 71.8 Å². The summed E-state index contributed by atoms with van der Waals surface area (Å²) in [7, 11) is 0. The van der Waals surface area contributed by atoms with E-state index in [9.17, 15) is 9.59 Å². The summed E-state index contributed by atoms with van der Waals surface area (Å²) in [6.45, 7) is 3.59. The van der Waals surface area contributed by atoms with Gasteiger partial charge in [-0.1, -0.05) is 99.2 Å². The number of cyclic esters (lactones) is 2. The van der Waals surface area contributed by atoms with Crippen LogP contribution in [-0.4, -0.2) is 24.5 Å². The highest BCUT2D eigenvalue weighted by atomic mass is 16.8. The largest absolute Gasteiger partial charge is 0.434 e. The van der Waals surface area contributed by atoms with Gasteiger partial charge in [0, 0.05) is 11.8 Å². The van der Waals surface area contributed by atoms with E-state index < -0.39 is 23.8 Å². The molecule has 0 bridgehead atoms. The first-order chi connectivity index (χ1) is 18.5. The van der Waals surface area contributed by atoms with Gasteiger partial charge < -0.3 is 18.9 Å². The molecule has 0 amide bonds. The first kappa shape index (κ1) is 26.9. The van der Waals surface area contributed by atoms with Crippen LogP contribution in [0.15, 0.2) is 60.7 Å². The van der Waals surface area contributed by atoms with E-state index in [0.29, 0.717) is 0 Å². The van der Waals surface area contributed by atoms with Gasteiger partial charge in [0.05, 0.1) is 0 Å². The molecule has 1 unspecified atom stereocenters. The Hall–Kier alpha value is -2.70. The van der Waals surface area contributed by atoms with E-state index in [1.807, 2.05) is 60.7 Å². The van der Waals surface area contributed by atoms with Crippen LogP contribution >= 0.6 is 0 Å². The van der Waals surface area contributed by atoms with Crippen molar-refractivity contribution < 1.29 is 28.5 Å². The van der Waals surface area contributed by atoms with Crippen LogP contribution in [0.3, 0.4) is 0 Å². The topological polar surface area (TPSA) is 71.1 Å². The van der Waals surface area contributed by atoms with Gasteiger partial charge >= 0.3 is 11.9 Å². The Morgan fingerprint density at radius 2 is 0.895 bits per heavy atom. The molecule has 0 radical (unpaired) electrons.